The quantitative estimate of drug-likeness (QED) is 0.164. The Hall–Kier alpha value is -4.93. The van der Waals surface area contributed by atoms with Gasteiger partial charge in [-0.2, -0.15) is 0 Å². The Kier molecular flexibility index (Phi) is 6.84. The first-order valence-electron chi connectivity index (χ1n) is 9.26. The van der Waals surface area contributed by atoms with Crippen LogP contribution in [0.1, 0.15) is 31.1 Å². The molecular formula is C22H14N2O9. The molecule has 0 saturated carbocycles. The molecule has 3 rings (SSSR count). The van der Waals surface area contributed by atoms with Crippen molar-refractivity contribution in [3.8, 4) is 5.75 Å². The number of non-ortho nitro benzene ring substituents is 2. The lowest BCUT2D eigenvalue weighted by Gasteiger charge is -2.07. The first-order chi connectivity index (χ1) is 15.7. The smallest absolute Gasteiger partial charge is 0.343 e. The molecule has 0 bridgehead atoms. The van der Waals surface area contributed by atoms with Gasteiger partial charge >= 0.3 is 11.9 Å². The average Bonchev–Trinajstić information content (AvgIpc) is 2.82. The number of hydrogen-bond acceptors (Lipinski definition) is 9. The lowest BCUT2D eigenvalue weighted by Crippen LogP contribution is -2.14. The van der Waals surface area contributed by atoms with Gasteiger partial charge in [-0.25, -0.2) is 9.59 Å². The number of nitro groups is 2. The second kappa shape index (κ2) is 9.92. The number of nitrogens with zero attached hydrogens (tertiary/aromatic N) is 2. The number of carbonyl (C=O) groups excluding carboxylic acids is 3. The van der Waals surface area contributed by atoms with Crippen LogP contribution in [0, 0.1) is 20.2 Å². The zero-order valence-corrected chi connectivity index (χ0v) is 16.7. The van der Waals surface area contributed by atoms with Crippen LogP contribution in [0.3, 0.4) is 0 Å². The van der Waals surface area contributed by atoms with Crippen molar-refractivity contribution in [1.82, 2.24) is 0 Å². The van der Waals surface area contributed by atoms with Crippen LogP contribution in [-0.2, 0) is 4.74 Å². The van der Waals surface area contributed by atoms with Crippen LogP contribution in [-0.4, -0.2) is 34.2 Å². The topological polar surface area (TPSA) is 156 Å². The molecule has 0 N–H and O–H groups in total. The average molecular weight is 450 g/mol. The molecule has 0 aromatic heterocycles. The van der Waals surface area contributed by atoms with E-state index in [1.165, 1.54) is 60.7 Å². The van der Waals surface area contributed by atoms with Crippen molar-refractivity contribution in [1.29, 1.82) is 0 Å². The van der Waals surface area contributed by atoms with Crippen molar-refractivity contribution in [3.05, 3.63) is 110 Å². The summed E-state index contributed by atoms with van der Waals surface area (Å²) >= 11 is 0. The van der Waals surface area contributed by atoms with E-state index in [9.17, 15) is 34.6 Å². The summed E-state index contributed by atoms with van der Waals surface area (Å²) in [6.07, 6.45) is 0. The third kappa shape index (κ3) is 5.82. The summed E-state index contributed by atoms with van der Waals surface area (Å²) in [5.41, 5.74) is 0.0168. The van der Waals surface area contributed by atoms with Gasteiger partial charge in [-0.05, 0) is 48.5 Å². The van der Waals surface area contributed by atoms with Gasteiger partial charge in [0.1, 0.15) is 5.75 Å². The lowest BCUT2D eigenvalue weighted by molar-refractivity contribution is -0.385. The Morgan fingerprint density at radius 1 is 0.636 bits per heavy atom. The first-order valence-corrected chi connectivity index (χ1v) is 9.26. The molecule has 0 heterocycles. The normalized spacial score (nSPS) is 10.2. The molecule has 0 amide bonds. The van der Waals surface area contributed by atoms with Crippen molar-refractivity contribution in [2.24, 2.45) is 0 Å². The zero-order valence-electron chi connectivity index (χ0n) is 16.7. The van der Waals surface area contributed by atoms with Crippen LogP contribution in [0.25, 0.3) is 0 Å². The van der Waals surface area contributed by atoms with Gasteiger partial charge in [0.05, 0.1) is 21.0 Å². The number of carbonyl (C=O) groups is 3. The van der Waals surface area contributed by atoms with E-state index in [2.05, 4.69) is 0 Å². The largest absolute Gasteiger partial charge is 0.454 e. The number of ether oxygens (including phenoxy) is 2. The van der Waals surface area contributed by atoms with Crippen LogP contribution < -0.4 is 4.74 Å². The Balaban J connectivity index is 1.55. The Morgan fingerprint density at radius 3 is 1.52 bits per heavy atom. The van der Waals surface area contributed by atoms with Crippen molar-refractivity contribution < 1.29 is 33.7 Å². The minimum absolute atomic E-state index is 0.0573. The fourth-order valence-corrected chi connectivity index (χ4v) is 2.61. The van der Waals surface area contributed by atoms with Crippen LogP contribution in [0.4, 0.5) is 11.4 Å². The van der Waals surface area contributed by atoms with Gasteiger partial charge in [0.25, 0.3) is 11.4 Å². The molecule has 166 valence electrons. The second-order valence-electron chi connectivity index (χ2n) is 6.52. The van der Waals surface area contributed by atoms with E-state index in [-0.39, 0.29) is 33.8 Å². The SMILES string of the molecule is O=C(COC(=O)c1ccc([N+](=O)[O-])cc1)c1ccc(OC(=O)c2ccc([N+](=O)[O-])cc2)cc1. The summed E-state index contributed by atoms with van der Waals surface area (Å²) in [5.74, 6) is -1.93. The highest BCUT2D eigenvalue weighted by Crippen LogP contribution is 2.17. The number of nitro benzene ring substituents is 2. The summed E-state index contributed by atoms with van der Waals surface area (Å²) < 4.78 is 10.1. The molecule has 0 unspecified atom stereocenters. The Bertz CT molecular complexity index is 1220. The van der Waals surface area contributed by atoms with Crippen molar-refractivity contribution in [2.75, 3.05) is 6.61 Å². The zero-order chi connectivity index (χ0) is 24.0. The third-order valence-corrected chi connectivity index (χ3v) is 4.35. The minimum Gasteiger partial charge on any atom is -0.454 e. The van der Waals surface area contributed by atoms with E-state index in [1.54, 1.807) is 0 Å². The monoisotopic (exact) mass is 450 g/mol. The molecule has 33 heavy (non-hydrogen) atoms. The van der Waals surface area contributed by atoms with E-state index in [0.29, 0.717) is 0 Å². The molecule has 0 aliphatic rings. The fraction of sp³-hybridized carbons (Fsp3) is 0.0455. The number of esters is 2. The molecule has 0 radical (unpaired) electrons. The van der Waals surface area contributed by atoms with Gasteiger partial charge in [-0.1, -0.05) is 0 Å². The number of benzene rings is 3. The highest BCUT2D eigenvalue weighted by Gasteiger charge is 2.15. The fourth-order valence-electron chi connectivity index (χ4n) is 2.61. The maximum Gasteiger partial charge on any atom is 0.343 e. The van der Waals surface area contributed by atoms with Crippen molar-refractivity contribution >= 4 is 29.1 Å². The Labute approximate surface area is 185 Å². The predicted octanol–water partition coefficient (Wildman–Crippen LogP) is 3.76. The second-order valence-corrected chi connectivity index (χ2v) is 6.52. The lowest BCUT2D eigenvalue weighted by atomic mass is 10.1. The number of hydrogen-bond donors (Lipinski definition) is 0. The molecule has 0 atom stereocenters. The van der Waals surface area contributed by atoms with Crippen LogP contribution in [0.2, 0.25) is 0 Å². The van der Waals surface area contributed by atoms with Gasteiger partial charge in [0, 0.05) is 29.8 Å². The van der Waals surface area contributed by atoms with E-state index >= 15 is 0 Å². The standard InChI is InChI=1S/C22H14N2O9/c25-20(13-32-21(26)15-1-7-17(8-2-15)23(28)29)14-5-11-19(12-6-14)33-22(27)16-3-9-18(10-4-16)24(30)31/h1-12H,13H2. The van der Waals surface area contributed by atoms with Gasteiger partial charge in [0.15, 0.2) is 12.4 Å². The van der Waals surface area contributed by atoms with Crippen molar-refractivity contribution in [2.45, 2.75) is 0 Å². The molecule has 0 fully saturated rings. The van der Waals surface area contributed by atoms with Crippen LogP contribution in [0.5, 0.6) is 5.75 Å². The molecule has 0 aliphatic heterocycles. The summed E-state index contributed by atoms with van der Waals surface area (Å²) in [5, 5.41) is 21.3. The van der Waals surface area contributed by atoms with E-state index in [0.717, 1.165) is 12.1 Å². The summed E-state index contributed by atoms with van der Waals surface area (Å²) in [6, 6.07) is 15.1. The first kappa shape index (κ1) is 22.7. The predicted molar refractivity (Wildman–Crippen MR) is 112 cm³/mol. The van der Waals surface area contributed by atoms with Gasteiger partial charge in [0.2, 0.25) is 0 Å². The van der Waals surface area contributed by atoms with Gasteiger partial charge in [-0.15, -0.1) is 0 Å². The Morgan fingerprint density at radius 2 is 1.06 bits per heavy atom. The number of Topliss-reactive ketones (excluding diaryl/α,β-unsaturated/α-hetero) is 1. The molecule has 0 spiro atoms. The molecule has 0 aliphatic carbocycles. The minimum atomic E-state index is -0.813. The van der Waals surface area contributed by atoms with Gasteiger partial charge < -0.3 is 9.47 Å². The molecular weight excluding hydrogens is 436 g/mol. The molecule has 3 aromatic rings. The summed E-state index contributed by atoms with van der Waals surface area (Å²) in [7, 11) is 0. The van der Waals surface area contributed by atoms with E-state index in [4.69, 9.17) is 9.47 Å². The third-order valence-electron chi connectivity index (χ3n) is 4.35. The molecule has 11 nitrogen and oxygen atoms in total. The number of ketones is 1. The van der Waals surface area contributed by atoms with Crippen LogP contribution >= 0.6 is 0 Å². The van der Waals surface area contributed by atoms with E-state index in [1.807, 2.05) is 0 Å². The summed E-state index contributed by atoms with van der Waals surface area (Å²) in [4.78, 5) is 56.5. The molecule has 11 heteroatoms. The number of rotatable bonds is 8. The molecule has 0 saturated heterocycles. The van der Waals surface area contributed by atoms with E-state index < -0.39 is 34.2 Å². The highest BCUT2D eigenvalue weighted by molar-refractivity contribution is 5.99. The van der Waals surface area contributed by atoms with Crippen LogP contribution in [0.15, 0.2) is 72.8 Å². The van der Waals surface area contributed by atoms with Crippen molar-refractivity contribution in [3.63, 3.8) is 0 Å². The maximum absolute atomic E-state index is 12.2. The van der Waals surface area contributed by atoms with Gasteiger partial charge in [-0.3, -0.25) is 25.0 Å². The summed E-state index contributed by atoms with van der Waals surface area (Å²) in [6.45, 7) is -0.558. The molecule has 3 aromatic carbocycles. The highest BCUT2D eigenvalue weighted by atomic mass is 16.6. The maximum atomic E-state index is 12.2.